The molecule has 0 aromatic heterocycles. The number of nitrogens with zero attached hydrogens (tertiary/aromatic N) is 1. The number of hydrogen-bond acceptors (Lipinski definition) is 4. The fraction of sp³-hybridized carbons (Fsp3) is 0.316. The van der Waals surface area contributed by atoms with Gasteiger partial charge in [0.25, 0.3) is 5.91 Å². The highest BCUT2D eigenvalue weighted by atomic mass is 35.5. The number of aryl methyl sites for hydroxylation is 1. The molecule has 0 bridgehead atoms. The fourth-order valence-electron chi connectivity index (χ4n) is 2.35. The predicted molar refractivity (Wildman–Crippen MR) is 97.7 cm³/mol. The Bertz CT molecular complexity index is 748. The van der Waals surface area contributed by atoms with Crippen molar-refractivity contribution >= 4 is 17.5 Å². The highest BCUT2D eigenvalue weighted by Crippen LogP contribution is 2.26. The van der Waals surface area contributed by atoms with E-state index in [9.17, 15) is 4.79 Å². The van der Waals surface area contributed by atoms with Gasteiger partial charge in [-0.3, -0.25) is 4.79 Å². The summed E-state index contributed by atoms with van der Waals surface area (Å²) in [5.41, 5.74) is 1.78. The second-order valence-corrected chi connectivity index (χ2v) is 6.06. The van der Waals surface area contributed by atoms with Crippen LogP contribution in [0.1, 0.15) is 11.1 Å². The standard InChI is InChI=1S/C19H22ClNO4/c1-13-9-15(20)6-8-17(13)25-12-19(22)21(2)11-14-5-7-16(23-3)10-18(14)24-4/h5-10H,11-12H2,1-4H3. The third-order valence-corrected chi connectivity index (χ3v) is 4.05. The molecule has 134 valence electrons. The first-order valence-corrected chi connectivity index (χ1v) is 8.16. The van der Waals surface area contributed by atoms with Gasteiger partial charge < -0.3 is 19.1 Å². The minimum absolute atomic E-state index is 0.0442. The minimum atomic E-state index is -0.132. The van der Waals surface area contributed by atoms with E-state index in [0.717, 1.165) is 11.1 Å². The lowest BCUT2D eigenvalue weighted by Gasteiger charge is -2.20. The monoisotopic (exact) mass is 363 g/mol. The third-order valence-electron chi connectivity index (χ3n) is 3.82. The molecule has 0 atom stereocenters. The number of likely N-dealkylation sites (N-methyl/N-ethyl adjacent to an activating group) is 1. The highest BCUT2D eigenvalue weighted by molar-refractivity contribution is 6.30. The first-order chi connectivity index (χ1) is 11.9. The second-order valence-electron chi connectivity index (χ2n) is 5.63. The van der Waals surface area contributed by atoms with Crippen LogP contribution in [-0.2, 0) is 11.3 Å². The van der Waals surface area contributed by atoms with Crippen molar-refractivity contribution in [3.8, 4) is 17.2 Å². The molecule has 0 radical (unpaired) electrons. The van der Waals surface area contributed by atoms with Crippen LogP contribution in [0.3, 0.4) is 0 Å². The molecular weight excluding hydrogens is 342 g/mol. The average Bonchev–Trinajstić information content (AvgIpc) is 2.60. The first kappa shape index (κ1) is 18.9. The van der Waals surface area contributed by atoms with Gasteiger partial charge in [0, 0.05) is 30.2 Å². The fourth-order valence-corrected chi connectivity index (χ4v) is 2.58. The van der Waals surface area contributed by atoms with Crippen molar-refractivity contribution in [2.24, 2.45) is 0 Å². The van der Waals surface area contributed by atoms with Crippen LogP contribution >= 0.6 is 11.6 Å². The van der Waals surface area contributed by atoms with Crippen molar-refractivity contribution in [1.82, 2.24) is 4.90 Å². The summed E-state index contributed by atoms with van der Waals surface area (Å²) >= 11 is 5.92. The molecule has 6 heteroatoms. The van der Waals surface area contributed by atoms with Crippen molar-refractivity contribution < 1.29 is 19.0 Å². The van der Waals surface area contributed by atoms with Crippen LogP contribution in [0, 0.1) is 6.92 Å². The van der Waals surface area contributed by atoms with Gasteiger partial charge in [-0.05, 0) is 42.8 Å². The van der Waals surface area contributed by atoms with Crippen molar-refractivity contribution in [2.45, 2.75) is 13.5 Å². The van der Waals surface area contributed by atoms with Crippen LogP contribution in [-0.4, -0.2) is 38.7 Å². The number of ether oxygens (including phenoxy) is 3. The van der Waals surface area contributed by atoms with E-state index < -0.39 is 0 Å². The molecule has 0 saturated heterocycles. The van der Waals surface area contributed by atoms with Gasteiger partial charge in [0.05, 0.1) is 14.2 Å². The molecule has 0 aliphatic rings. The number of carbonyl (C=O) groups excluding carboxylic acids is 1. The van der Waals surface area contributed by atoms with Crippen molar-refractivity contribution in [3.63, 3.8) is 0 Å². The quantitative estimate of drug-likeness (QED) is 0.752. The average molecular weight is 364 g/mol. The Labute approximate surface area is 153 Å². The van der Waals surface area contributed by atoms with Crippen LogP contribution in [0.5, 0.6) is 17.2 Å². The maximum absolute atomic E-state index is 12.3. The van der Waals surface area contributed by atoms with Gasteiger partial charge in [0.1, 0.15) is 17.2 Å². The van der Waals surface area contributed by atoms with E-state index in [-0.39, 0.29) is 12.5 Å². The molecule has 0 fully saturated rings. The van der Waals surface area contributed by atoms with Gasteiger partial charge in [0.2, 0.25) is 0 Å². The molecule has 25 heavy (non-hydrogen) atoms. The van der Waals surface area contributed by atoms with E-state index in [1.54, 1.807) is 50.4 Å². The molecule has 2 rings (SSSR count). The zero-order valence-electron chi connectivity index (χ0n) is 14.8. The lowest BCUT2D eigenvalue weighted by molar-refractivity contribution is -0.132. The summed E-state index contributed by atoms with van der Waals surface area (Å²) < 4.78 is 16.1. The topological polar surface area (TPSA) is 48.0 Å². The SMILES string of the molecule is COc1ccc(CN(C)C(=O)COc2ccc(Cl)cc2C)c(OC)c1. The lowest BCUT2D eigenvalue weighted by Crippen LogP contribution is -2.31. The van der Waals surface area contributed by atoms with Gasteiger partial charge in [-0.2, -0.15) is 0 Å². The molecule has 1 amide bonds. The Morgan fingerprint density at radius 1 is 1.08 bits per heavy atom. The Balaban J connectivity index is 1.98. The third kappa shape index (κ3) is 5.03. The summed E-state index contributed by atoms with van der Waals surface area (Å²) in [6.45, 7) is 2.25. The van der Waals surface area contributed by atoms with Crippen LogP contribution in [0.25, 0.3) is 0 Å². The Morgan fingerprint density at radius 2 is 1.84 bits per heavy atom. The summed E-state index contributed by atoms with van der Waals surface area (Å²) in [6.07, 6.45) is 0. The molecule has 0 aliphatic carbocycles. The summed E-state index contributed by atoms with van der Waals surface area (Å²) in [4.78, 5) is 13.9. The molecule has 2 aromatic carbocycles. The maximum Gasteiger partial charge on any atom is 0.260 e. The number of halogens is 1. The zero-order valence-corrected chi connectivity index (χ0v) is 15.6. The smallest absolute Gasteiger partial charge is 0.260 e. The lowest BCUT2D eigenvalue weighted by atomic mass is 10.2. The van der Waals surface area contributed by atoms with Crippen LogP contribution < -0.4 is 14.2 Å². The van der Waals surface area contributed by atoms with E-state index in [1.807, 2.05) is 19.1 Å². The maximum atomic E-state index is 12.3. The predicted octanol–water partition coefficient (Wildman–Crippen LogP) is 3.70. The molecule has 0 spiro atoms. The summed E-state index contributed by atoms with van der Waals surface area (Å²) in [6, 6.07) is 10.8. The molecule has 2 aromatic rings. The van der Waals surface area contributed by atoms with Crippen molar-refractivity contribution in [2.75, 3.05) is 27.9 Å². The Hall–Kier alpha value is -2.40. The van der Waals surface area contributed by atoms with E-state index in [0.29, 0.717) is 28.8 Å². The molecular formula is C19H22ClNO4. The van der Waals surface area contributed by atoms with Crippen LogP contribution in [0.15, 0.2) is 36.4 Å². The number of methoxy groups -OCH3 is 2. The van der Waals surface area contributed by atoms with Gasteiger partial charge >= 0.3 is 0 Å². The van der Waals surface area contributed by atoms with E-state index in [1.165, 1.54) is 0 Å². The number of carbonyl (C=O) groups is 1. The van der Waals surface area contributed by atoms with Gasteiger partial charge in [-0.15, -0.1) is 0 Å². The molecule has 0 aliphatic heterocycles. The van der Waals surface area contributed by atoms with Crippen molar-refractivity contribution in [3.05, 3.63) is 52.5 Å². The van der Waals surface area contributed by atoms with Crippen molar-refractivity contribution in [1.29, 1.82) is 0 Å². The molecule has 0 saturated carbocycles. The largest absolute Gasteiger partial charge is 0.497 e. The normalized spacial score (nSPS) is 10.3. The number of amides is 1. The van der Waals surface area contributed by atoms with E-state index >= 15 is 0 Å². The highest BCUT2D eigenvalue weighted by Gasteiger charge is 2.14. The van der Waals surface area contributed by atoms with E-state index in [2.05, 4.69) is 0 Å². The second kappa shape index (κ2) is 8.62. The summed E-state index contributed by atoms with van der Waals surface area (Å²) in [5, 5.41) is 0.639. The van der Waals surface area contributed by atoms with Crippen LogP contribution in [0.4, 0.5) is 0 Å². The van der Waals surface area contributed by atoms with Crippen LogP contribution in [0.2, 0.25) is 5.02 Å². The molecule has 0 heterocycles. The van der Waals surface area contributed by atoms with Gasteiger partial charge in [0.15, 0.2) is 6.61 Å². The Kier molecular flexibility index (Phi) is 6.53. The van der Waals surface area contributed by atoms with E-state index in [4.69, 9.17) is 25.8 Å². The zero-order chi connectivity index (χ0) is 18.4. The molecule has 0 unspecified atom stereocenters. The summed E-state index contributed by atoms with van der Waals surface area (Å²) in [7, 11) is 4.91. The first-order valence-electron chi connectivity index (χ1n) is 7.78. The molecule has 0 N–H and O–H groups in total. The molecule has 5 nitrogen and oxygen atoms in total. The Morgan fingerprint density at radius 3 is 2.48 bits per heavy atom. The number of rotatable bonds is 7. The van der Waals surface area contributed by atoms with Gasteiger partial charge in [-0.25, -0.2) is 0 Å². The minimum Gasteiger partial charge on any atom is -0.497 e. The number of benzene rings is 2. The number of hydrogen-bond donors (Lipinski definition) is 0. The summed E-state index contributed by atoms with van der Waals surface area (Å²) in [5.74, 6) is 1.89. The van der Waals surface area contributed by atoms with Gasteiger partial charge in [-0.1, -0.05) is 11.6 Å².